The Kier molecular flexibility index (Phi) is 4.04. The highest BCUT2D eigenvalue weighted by Crippen LogP contribution is 2.38. The summed E-state index contributed by atoms with van der Waals surface area (Å²) in [6.45, 7) is 0. The Bertz CT molecular complexity index is 1020. The van der Waals surface area contributed by atoms with Crippen LogP contribution in [0.15, 0.2) is 41.5 Å². The quantitative estimate of drug-likeness (QED) is 0.645. The summed E-state index contributed by atoms with van der Waals surface area (Å²) in [6.07, 6.45) is 4.43. The van der Waals surface area contributed by atoms with E-state index < -0.39 is 5.91 Å². The van der Waals surface area contributed by atoms with Crippen molar-refractivity contribution in [3.05, 3.63) is 58.4 Å². The third kappa shape index (κ3) is 2.99. The Morgan fingerprint density at radius 3 is 2.85 bits per heavy atom. The van der Waals surface area contributed by atoms with Gasteiger partial charge in [0, 0.05) is 18.8 Å². The SMILES string of the molecule is Cn1cc(C(NC(=O)c2nc3ccccc3c(=O)[nH]2)C2CC(O)C2)cn1. The number of nitrogens with zero attached hydrogens (tertiary/aromatic N) is 3. The molecule has 0 aliphatic heterocycles. The van der Waals surface area contributed by atoms with Crippen LogP contribution in [-0.2, 0) is 7.05 Å². The van der Waals surface area contributed by atoms with E-state index >= 15 is 0 Å². The smallest absolute Gasteiger partial charge is 0.287 e. The van der Waals surface area contributed by atoms with Crippen molar-refractivity contribution in [2.24, 2.45) is 13.0 Å². The fourth-order valence-corrected chi connectivity index (χ4v) is 3.38. The Balaban J connectivity index is 1.63. The molecule has 1 aliphatic rings. The van der Waals surface area contributed by atoms with Crippen molar-refractivity contribution in [3.8, 4) is 0 Å². The van der Waals surface area contributed by atoms with Gasteiger partial charge < -0.3 is 15.4 Å². The zero-order chi connectivity index (χ0) is 18.3. The van der Waals surface area contributed by atoms with E-state index in [1.54, 1.807) is 42.2 Å². The summed E-state index contributed by atoms with van der Waals surface area (Å²) >= 11 is 0. The van der Waals surface area contributed by atoms with Crippen LogP contribution in [0.5, 0.6) is 0 Å². The van der Waals surface area contributed by atoms with Crippen LogP contribution in [-0.4, -0.2) is 36.9 Å². The molecule has 1 aliphatic carbocycles. The van der Waals surface area contributed by atoms with Gasteiger partial charge in [-0.15, -0.1) is 0 Å². The topological polar surface area (TPSA) is 113 Å². The van der Waals surface area contributed by atoms with Crippen LogP contribution in [0.25, 0.3) is 10.9 Å². The van der Waals surface area contributed by atoms with Gasteiger partial charge in [0.05, 0.1) is 29.2 Å². The number of H-pyrrole nitrogens is 1. The summed E-state index contributed by atoms with van der Waals surface area (Å²) in [4.78, 5) is 31.7. The molecule has 0 bridgehead atoms. The van der Waals surface area contributed by atoms with E-state index in [9.17, 15) is 14.7 Å². The van der Waals surface area contributed by atoms with Crippen LogP contribution in [0.2, 0.25) is 0 Å². The lowest BCUT2D eigenvalue weighted by Crippen LogP contribution is -2.42. The summed E-state index contributed by atoms with van der Waals surface area (Å²) < 4.78 is 1.67. The molecular weight excluding hydrogens is 334 g/mol. The predicted molar refractivity (Wildman–Crippen MR) is 94.5 cm³/mol. The molecule has 2 heterocycles. The molecule has 8 nitrogen and oxygen atoms in total. The first-order valence-corrected chi connectivity index (χ1v) is 8.48. The predicted octanol–water partition coefficient (Wildman–Crippen LogP) is 0.899. The fraction of sp³-hybridized carbons (Fsp3) is 0.333. The number of nitrogens with one attached hydrogen (secondary N) is 2. The second-order valence-electron chi connectivity index (χ2n) is 6.72. The van der Waals surface area contributed by atoms with E-state index in [0.29, 0.717) is 23.7 Å². The van der Waals surface area contributed by atoms with Gasteiger partial charge in [-0.2, -0.15) is 5.10 Å². The van der Waals surface area contributed by atoms with Crippen molar-refractivity contribution < 1.29 is 9.90 Å². The number of hydrogen-bond acceptors (Lipinski definition) is 5. The minimum atomic E-state index is -0.455. The lowest BCUT2D eigenvalue weighted by atomic mass is 9.75. The zero-order valence-corrected chi connectivity index (χ0v) is 14.2. The molecule has 0 radical (unpaired) electrons. The number of fused-ring (bicyclic) bond motifs is 1. The molecule has 1 amide bonds. The van der Waals surface area contributed by atoms with Crippen LogP contribution < -0.4 is 10.9 Å². The van der Waals surface area contributed by atoms with E-state index in [2.05, 4.69) is 20.4 Å². The molecular formula is C18H19N5O3. The third-order valence-corrected chi connectivity index (χ3v) is 4.82. The molecule has 1 unspecified atom stereocenters. The lowest BCUT2D eigenvalue weighted by Gasteiger charge is -2.37. The van der Waals surface area contributed by atoms with E-state index in [4.69, 9.17) is 0 Å². The number of aliphatic hydroxyl groups excluding tert-OH is 1. The molecule has 1 atom stereocenters. The number of carbonyl (C=O) groups excluding carboxylic acids is 1. The van der Waals surface area contributed by atoms with Gasteiger partial charge in [0.15, 0.2) is 5.82 Å². The van der Waals surface area contributed by atoms with E-state index in [0.717, 1.165) is 5.56 Å². The monoisotopic (exact) mass is 353 g/mol. The fourth-order valence-electron chi connectivity index (χ4n) is 3.38. The lowest BCUT2D eigenvalue weighted by molar-refractivity contribution is 0.0234. The number of carbonyl (C=O) groups is 1. The molecule has 4 rings (SSSR count). The van der Waals surface area contributed by atoms with Crippen LogP contribution in [0.4, 0.5) is 0 Å². The van der Waals surface area contributed by atoms with Crippen LogP contribution in [0.3, 0.4) is 0 Å². The molecule has 3 aromatic rings. The number of para-hydroxylation sites is 1. The Morgan fingerprint density at radius 1 is 1.38 bits per heavy atom. The number of aliphatic hydroxyl groups is 1. The maximum absolute atomic E-state index is 12.7. The summed E-state index contributed by atoms with van der Waals surface area (Å²) in [7, 11) is 1.81. The number of aromatic amines is 1. The number of rotatable bonds is 4. The van der Waals surface area contributed by atoms with Crippen LogP contribution in [0.1, 0.15) is 35.1 Å². The van der Waals surface area contributed by atoms with Gasteiger partial charge in [-0.3, -0.25) is 14.3 Å². The number of amides is 1. The van der Waals surface area contributed by atoms with Gasteiger partial charge in [-0.25, -0.2) is 4.98 Å². The minimum absolute atomic E-state index is 0.0255. The Hall–Kier alpha value is -3.00. The van der Waals surface area contributed by atoms with Gasteiger partial charge >= 0.3 is 0 Å². The molecule has 1 fully saturated rings. The van der Waals surface area contributed by atoms with Gasteiger partial charge in [0.25, 0.3) is 11.5 Å². The molecule has 0 spiro atoms. The first-order valence-electron chi connectivity index (χ1n) is 8.48. The zero-order valence-electron chi connectivity index (χ0n) is 14.2. The highest BCUT2D eigenvalue weighted by molar-refractivity contribution is 5.92. The second-order valence-corrected chi connectivity index (χ2v) is 6.72. The first-order chi connectivity index (χ1) is 12.5. The van der Waals surface area contributed by atoms with Crippen LogP contribution in [0, 0.1) is 5.92 Å². The number of hydrogen-bond donors (Lipinski definition) is 3. The molecule has 2 aromatic heterocycles. The minimum Gasteiger partial charge on any atom is -0.393 e. The van der Waals surface area contributed by atoms with Crippen molar-refractivity contribution in [3.63, 3.8) is 0 Å². The average Bonchev–Trinajstić information content (AvgIpc) is 3.03. The van der Waals surface area contributed by atoms with E-state index in [1.165, 1.54) is 0 Å². The van der Waals surface area contributed by atoms with Gasteiger partial charge in [-0.1, -0.05) is 12.1 Å². The van der Waals surface area contributed by atoms with E-state index in [1.807, 2.05) is 6.20 Å². The standard InChI is InChI=1S/C18H19N5O3/c1-23-9-11(8-19-23)15(10-6-12(24)7-10)21-18(26)16-20-14-5-3-2-4-13(14)17(25)22-16/h2-5,8-10,12,15,24H,6-7H2,1H3,(H,21,26)(H,20,22,25). The van der Waals surface area contributed by atoms with Crippen molar-refractivity contribution >= 4 is 16.8 Å². The maximum atomic E-state index is 12.7. The average molecular weight is 353 g/mol. The largest absolute Gasteiger partial charge is 0.393 e. The van der Waals surface area contributed by atoms with E-state index in [-0.39, 0.29) is 29.4 Å². The summed E-state index contributed by atoms with van der Waals surface area (Å²) in [5.41, 5.74) is 0.983. The normalized spacial score (nSPS) is 20.5. The molecule has 134 valence electrons. The summed E-state index contributed by atoms with van der Waals surface area (Å²) in [5.74, 6) is -0.365. The third-order valence-electron chi connectivity index (χ3n) is 4.82. The van der Waals surface area contributed by atoms with Crippen molar-refractivity contribution in [2.75, 3.05) is 0 Å². The van der Waals surface area contributed by atoms with Gasteiger partial charge in [0.2, 0.25) is 0 Å². The number of aryl methyl sites for hydroxylation is 1. The van der Waals surface area contributed by atoms with Gasteiger partial charge in [-0.05, 0) is 30.9 Å². The molecule has 1 saturated carbocycles. The highest BCUT2D eigenvalue weighted by atomic mass is 16.3. The summed E-state index contributed by atoms with van der Waals surface area (Å²) in [6, 6.07) is 6.58. The van der Waals surface area contributed by atoms with Crippen molar-refractivity contribution in [1.82, 2.24) is 25.1 Å². The molecule has 8 heteroatoms. The second kappa shape index (κ2) is 6.38. The Labute approximate surface area is 148 Å². The first kappa shape index (κ1) is 16.5. The molecule has 26 heavy (non-hydrogen) atoms. The number of benzene rings is 1. The number of aromatic nitrogens is 4. The highest BCUT2D eigenvalue weighted by Gasteiger charge is 2.36. The maximum Gasteiger partial charge on any atom is 0.287 e. The molecule has 1 aromatic carbocycles. The molecule has 0 saturated heterocycles. The van der Waals surface area contributed by atoms with Crippen molar-refractivity contribution in [1.29, 1.82) is 0 Å². The van der Waals surface area contributed by atoms with Crippen molar-refractivity contribution in [2.45, 2.75) is 25.0 Å². The molecule has 3 N–H and O–H groups in total. The Morgan fingerprint density at radius 2 is 2.15 bits per heavy atom. The van der Waals surface area contributed by atoms with Crippen LogP contribution >= 0.6 is 0 Å². The van der Waals surface area contributed by atoms with Gasteiger partial charge in [0.1, 0.15) is 0 Å². The summed E-state index contributed by atoms with van der Waals surface area (Å²) in [5, 5.41) is 17.2.